The SMILES string of the molecule is O=C(NCc1nc2ccccc2c(=O)[nH]1)N1C[C@H]2CC=CC[C@H]2C1. The zero-order chi connectivity index (χ0) is 16.5. The van der Waals surface area contributed by atoms with E-state index in [9.17, 15) is 9.59 Å². The van der Waals surface area contributed by atoms with E-state index in [0.29, 0.717) is 28.6 Å². The summed E-state index contributed by atoms with van der Waals surface area (Å²) in [6.45, 7) is 1.84. The van der Waals surface area contributed by atoms with Crippen LogP contribution in [0.1, 0.15) is 18.7 Å². The number of urea groups is 1. The molecule has 0 unspecified atom stereocenters. The Morgan fingerprint density at radius 2 is 1.92 bits per heavy atom. The summed E-state index contributed by atoms with van der Waals surface area (Å²) in [5, 5.41) is 3.44. The topological polar surface area (TPSA) is 78.1 Å². The molecule has 1 saturated heterocycles. The number of nitrogens with one attached hydrogen (secondary N) is 2. The van der Waals surface area contributed by atoms with Crippen molar-refractivity contribution in [2.24, 2.45) is 11.8 Å². The second-order valence-corrected chi connectivity index (χ2v) is 6.56. The standard InChI is InChI=1S/C18H20N4O2/c23-17-14-7-3-4-8-15(14)20-16(21-17)9-19-18(24)22-10-12-5-1-2-6-13(12)11-22/h1-4,7-8,12-13H,5-6,9-11H2,(H,19,24)(H,20,21,23)/t12-,13+. The molecule has 4 rings (SSSR count). The van der Waals surface area contributed by atoms with Gasteiger partial charge in [0.05, 0.1) is 17.4 Å². The van der Waals surface area contributed by atoms with Crippen LogP contribution in [0.3, 0.4) is 0 Å². The van der Waals surface area contributed by atoms with Crippen molar-refractivity contribution in [3.05, 3.63) is 52.6 Å². The minimum atomic E-state index is -0.178. The minimum Gasteiger partial charge on any atom is -0.331 e. The quantitative estimate of drug-likeness (QED) is 0.830. The van der Waals surface area contributed by atoms with Crippen molar-refractivity contribution in [3.8, 4) is 0 Å². The second kappa shape index (κ2) is 6.11. The molecule has 2 N–H and O–H groups in total. The lowest BCUT2D eigenvalue weighted by Crippen LogP contribution is -2.38. The van der Waals surface area contributed by atoms with Gasteiger partial charge in [0.25, 0.3) is 5.56 Å². The number of hydrogen-bond acceptors (Lipinski definition) is 3. The number of allylic oxidation sites excluding steroid dienone is 2. The van der Waals surface area contributed by atoms with Gasteiger partial charge in [-0.25, -0.2) is 9.78 Å². The van der Waals surface area contributed by atoms with Gasteiger partial charge in [-0.1, -0.05) is 24.3 Å². The number of fused-ring (bicyclic) bond motifs is 2. The number of carbonyl (C=O) groups is 1. The Bertz CT molecular complexity index is 841. The first-order valence-corrected chi connectivity index (χ1v) is 8.36. The van der Waals surface area contributed by atoms with Crippen LogP contribution in [0.4, 0.5) is 4.79 Å². The van der Waals surface area contributed by atoms with Gasteiger partial charge in [0.15, 0.2) is 0 Å². The first-order valence-electron chi connectivity index (χ1n) is 8.36. The lowest BCUT2D eigenvalue weighted by Gasteiger charge is -2.17. The molecule has 2 atom stereocenters. The van der Waals surface area contributed by atoms with Crippen molar-refractivity contribution in [1.82, 2.24) is 20.2 Å². The molecule has 2 amide bonds. The number of rotatable bonds is 2. The normalized spacial score (nSPS) is 22.6. The van der Waals surface area contributed by atoms with E-state index in [4.69, 9.17) is 0 Å². The Balaban J connectivity index is 1.42. The first kappa shape index (κ1) is 14.9. The summed E-state index contributed by atoms with van der Waals surface area (Å²) in [5.41, 5.74) is 0.465. The average molecular weight is 324 g/mol. The summed E-state index contributed by atoms with van der Waals surface area (Å²) in [5.74, 6) is 1.64. The van der Waals surface area contributed by atoms with Crippen LogP contribution in [0.15, 0.2) is 41.2 Å². The Kier molecular flexibility index (Phi) is 3.80. The number of benzene rings is 1. The molecule has 0 spiro atoms. The van der Waals surface area contributed by atoms with E-state index in [1.165, 1.54) is 0 Å². The predicted octanol–water partition coefficient (Wildman–Crippen LogP) is 2.03. The molecule has 124 valence electrons. The molecule has 1 aromatic carbocycles. The van der Waals surface area contributed by atoms with Crippen molar-refractivity contribution < 1.29 is 4.79 Å². The first-order chi connectivity index (χ1) is 11.7. The van der Waals surface area contributed by atoms with E-state index in [0.717, 1.165) is 25.9 Å². The highest BCUT2D eigenvalue weighted by Gasteiger charge is 2.34. The molecule has 2 aromatic rings. The molecular weight excluding hydrogens is 304 g/mol. The van der Waals surface area contributed by atoms with E-state index in [1.54, 1.807) is 12.1 Å². The van der Waals surface area contributed by atoms with E-state index in [2.05, 4.69) is 27.4 Å². The van der Waals surface area contributed by atoms with Gasteiger partial charge >= 0.3 is 6.03 Å². The number of likely N-dealkylation sites (tertiary alicyclic amines) is 1. The van der Waals surface area contributed by atoms with Crippen molar-refractivity contribution in [1.29, 1.82) is 0 Å². The van der Waals surface area contributed by atoms with Gasteiger partial charge in [0.2, 0.25) is 0 Å². The molecule has 6 nitrogen and oxygen atoms in total. The molecule has 1 aliphatic heterocycles. The van der Waals surface area contributed by atoms with E-state index in [-0.39, 0.29) is 18.1 Å². The maximum absolute atomic E-state index is 12.4. The fraction of sp³-hybridized carbons (Fsp3) is 0.389. The van der Waals surface area contributed by atoms with Crippen molar-refractivity contribution in [3.63, 3.8) is 0 Å². The Morgan fingerprint density at radius 3 is 2.67 bits per heavy atom. The maximum atomic E-state index is 12.4. The Morgan fingerprint density at radius 1 is 1.21 bits per heavy atom. The molecule has 24 heavy (non-hydrogen) atoms. The number of para-hydroxylation sites is 1. The molecule has 0 bridgehead atoms. The van der Waals surface area contributed by atoms with Gasteiger partial charge in [-0.05, 0) is 36.8 Å². The van der Waals surface area contributed by atoms with Crippen molar-refractivity contribution in [2.75, 3.05) is 13.1 Å². The number of hydrogen-bond donors (Lipinski definition) is 2. The van der Waals surface area contributed by atoms with Crippen molar-refractivity contribution in [2.45, 2.75) is 19.4 Å². The molecule has 6 heteroatoms. The number of carbonyl (C=O) groups excluding carboxylic acids is 1. The summed E-state index contributed by atoms with van der Waals surface area (Å²) in [6, 6.07) is 7.11. The van der Waals surface area contributed by atoms with E-state index < -0.39 is 0 Å². The van der Waals surface area contributed by atoms with Crippen LogP contribution >= 0.6 is 0 Å². The minimum absolute atomic E-state index is 0.0831. The third-order valence-corrected chi connectivity index (χ3v) is 4.98. The summed E-state index contributed by atoms with van der Waals surface area (Å²) in [4.78, 5) is 33.5. The van der Waals surface area contributed by atoms with Crippen LogP contribution in [0.5, 0.6) is 0 Å². The van der Waals surface area contributed by atoms with Crippen LogP contribution in [-0.4, -0.2) is 34.0 Å². The lowest BCUT2D eigenvalue weighted by molar-refractivity contribution is 0.205. The highest BCUT2D eigenvalue weighted by Crippen LogP contribution is 2.32. The summed E-state index contributed by atoms with van der Waals surface area (Å²) >= 11 is 0. The fourth-order valence-corrected chi connectivity index (χ4v) is 3.67. The van der Waals surface area contributed by atoms with Crippen molar-refractivity contribution >= 4 is 16.9 Å². The maximum Gasteiger partial charge on any atom is 0.317 e. The molecule has 2 aliphatic rings. The third kappa shape index (κ3) is 2.79. The second-order valence-electron chi connectivity index (χ2n) is 6.56. The summed E-state index contributed by atoms with van der Waals surface area (Å²) in [6.07, 6.45) is 6.56. The molecule has 0 saturated carbocycles. The zero-order valence-electron chi connectivity index (χ0n) is 13.4. The van der Waals surface area contributed by atoms with Gasteiger partial charge in [0.1, 0.15) is 5.82 Å². The smallest absolute Gasteiger partial charge is 0.317 e. The van der Waals surface area contributed by atoms with Gasteiger partial charge in [-0.3, -0.25) is 4.79 Å². The number of aromatic amines is 1. The van der Waals surface area contributed by atoms with Crippen LogP contribution in [0.25, 0.3) is 10.9 Å². The predicted molar refractivity (Wildman–Crippen MR) is 91.5 cm³/mol. The molecule has 1 aromatic heterocycles. The molecule has 1 fully saturated rings. The summed E-state index contributed by atoms with van der Waals surface area (Å²) in [7, 11) is 0. The van der Waals surface area contributed by atoms with E-state index in [1.807, 2.05) is 17.0 Å². The number of amides is 2. The lowest BCUT2D eigenvalue weighted by atomic mass is 9.86. The fourth-order valence-electron chi connectivity index (χ4n) is 3.67. The van der Waals surface area contributed by atoms with Crippen LogP contribution in [-0.2, 0) is 6.54 Å². The number of nitrogens with zero attached hydrogens (tertiary/aromatic N) is 2. The number of H-pyrrole nitrogens is 1. The number of aromatic nitrogens is 2. The Labute approximate surface area is 139 Å². The highest BCUT2D eigenvalue weighted by atomic mass is 16.2. The summed E-state index contributed by atoms with van der Waals surface area (Å²) < 4.78 is 0. The monoisotopic (exact) mass is 324 g/mol. The average Bonchev–Trinajstić information content (AvgIpc) is 3.04. The van der Waals surface area contributed by atoms with Gasteiger partial charge in [-0.2, -0.15) is 0 Å². The van der Waals surface area contributed by atoms with Crippen LogP contribution < -0.4 is 10.9 Å². The highest BCUT2D eigenvalue weighted by molar-refractivity contribution is 5.77. The Hall–Kier alpha value is -2.63. The van der Waals surface area contributed by atoms with E-state index >= 15 is 0 Å². The molecular formula is C18H20N4O2. The molecule has 1 aliphatic carbocycles. The van der Waals surface area contributed by atoms with Crippen LogP contribution in [0.2, 0.25) is 0 Å². The van der Waals surface area contributed by atoms with Gasteiger partial charge in [-0.15, -0.1) is 0 Å². The van der Waals surface area contributed by atoms with Crippen LogP contribution in [0, 0.1) is 11.8 Å². The largest absolute Gasteiger partial charge is 0.331 e. The third-order valence-electron chi connectivity index (χ3n) is 4.98. The molecule has 0 radical (unpaired) electrons. The van der Waals surface area contributed by atoms with Gasteiger partial charge < -0.3 is 15.2 Å². The molecule has 2 heterocycles. The van der Waals surface area contributed by atoms with Gasteiger partial charge in [0, 0.05) is 13.1 Å². The zero-order valence-corrected chi connectivity index (χ0v) is 13.4.